The largest absolute Gasteiger partial charge is 0.494 e. The van der Waals surface area contributed by atoms with E-state index < -0.39 is 0 Å². The first-order valence-electron chi connectivity index (χ1n) is 10.5. The third kappa shape index (κ3) is 3.89. The van der Waals surface area contributed by atoms with Gasteiger partial charge >= 0.3 is 0 Å². The van der Waals surface area contributed by atoms with E-state index in [1.54, 1.807) is 7.11 Å². The molecule has 7 nitrogen and oxygen atoms in total. The van der Waals surface area contributed by atoms with Crippen molar-refractivity contribution in [2.24, 2.45) is 0 Å². The van der Waals surface area contributed by atoms with Crippen molar-refractivity contribution < 1.29 is 9.53 Å². The Morgan fingerprint density at radius 1 is 1.10 bits per heavy atom. The third-order valence-electron chi connectivity index (χ3n) is 5.76. The standard InChI is InChI=1S/C23H29N5O2/c1-17(2)28-13-9-19(25-28)20(16-29)26-11-5-12-27(15-14-26)23-21(30-3)8-7-18-6-4-10-24-22(18)23/h4,6-10,13,16-17,20H,5,11-12,14-15H2,1-3H3. The summed E-state index contributed by atoms with van der Waals surface area (Å²) in [7, 11) is 1.70. The highest BCUT2D eigenvalue weighted by molar-refractivity contribution is 5.94. The van der Waals surface area contributed by atoms with E-state index in [1.165, 1.54) is 0 Å². The van der Waals surface area contributed by atoms with Crippen LogP contribution in [0.4, 0.5) is 5.69 Å². The van der Waals surface area contributed by atoms with Crippen LogP contribution in [0.3, 0.4) is 0 Å². The zero-order valence-electron chi connectivity index (χ0n) is 17.9. The second-order valence-corrected chi connectivity index (χ2v) is 7.96. The van der Waals surface area contributed by atoms with E-state index in [1.807, 2.05) is 41.3 Å². The minimum absolute atomic E-state index is 0.275. The molecule has 3 aromatic rings. The summed E-state index contributed by atoms with van der Waals surface area (Å²) in [6, 6.07) is 9.99. The number of hydrogen-bond donors (Lipinski definition) is 0. The van der Waals surface area contributed by atoms with E-state index in [-0.39, 0.29) is 12.1 Å². The van der Waals surface area contributed by atoms with Crippen LogP contribution >= 0.6 is 0 Å². The van der Waals surface area contributed by atoms with Gasteiger partial charge in [0.25, 0.3) is 0 Å². The number of ether oxygens (including phenoxy) is 1. The molecule has 1 aliphatic heterocycles. The first-order chi connectivity index (χ1) is 14.6. The summed E-state index contributed by atoms with van der Waals surface area (Å²) in [5.74, 6) is 0.831. The molecule has 158 valence electrons. The molecule has 1 atom stereocenters. The first kappa shape index (κ1) is 20.3. The summed E-state index contributed by atoms with van der Waals surface area (Å²) in [5.41, 5.74) is 2.80. The number of aldehydes is 1. The molecular formula is C23H29N5O2. The van der Waals surface area contributed by atoms with Crippen LogP contribution in [0.1, 0.15) is 38.0 Å². The molecule has 0 saturated carbocycles. The molecule has 0 bridgehead atoms. The lowest BCUT2D eigenvalue weighted by atomic mass is 10.1. The van der Waals surface area contributed by atoms with Crippen LogP contribution in [-0.2, 0) is 4.79 Å². The second kappa shape index (κ2) is 8.83. The second-order valence-electron chi connectivity index (χ2n) is 7.96. The van der Waals surface area contributed by atoms with Crippen molar-refractivity contribution in [3.63, 3.8) is 0 Å². The zero-order chi connectivity index (χ0) is 21.1. The number of anilines is 1. The summed E-state index contributed by atoms with van der Waals surface area (Å²) < 4.78 is 7.58. The molecule has 3 heterocycles. The van der Waals surface area contributed by atoms with E-state index in [4.69, 9.17) is 4.74 Å². The monoisotopic (exact) mass is 407 g/mol. The maximum Gasteiger partial charge on any atom is 0.144 e. The lowest BCUT2D eigenvalue weighted by molar-refractivity contribution is -0.112. The molecule has 0 amide bonds. The Bertz CT molecular complexity index is 1020. The van der Waals surface area contributed by atoms with Gasteiger partial charge in [-0.05, 0) is 44.5 Å². The number of rotatable bonds is 6. The van der Waals surface area contributed by atoms with Crippen LogP contribution in [0.2, 0.25) is 0 Å². The maximum atomic E-state index is 12.0. The number of carbonyl (C=O) groups is 1. The Morgan fingerprint density at radius 2 is 1.97 bits per heavy atom. The zero-order valence-corrected chi connectivity index (χ0v) is 17.9. The van der Waals surface area contributed by atoms with E-state index in [9.17, 15) is 4.79 Å². The van der Waals surface area contributed by atoms with Crippen molar-refractivity contribution >= 4 is 22.9 Å². The van der Waals surface area contributed by atoms with Crippen LogP contribution in [0, 0.1) is 0 Å². The van der Waals surface area contributed by atoms with Crippen LogP contribution in [0.25, 0.3) is 10.9 Å². The van der Waals surface area contributed by atoms with Crippen LogP contribution in [0.15, 0.2) is 42.7 Å². The van der Waals surface area contributed by atoms with Gasteiger partial charge in [-0.3, -0.25) is 14.6 Å². The number of nitrogens with zero attached hydrogens (tertiary/aromatic N) is 5. The third-order valence-corrected chi connectivity index (χ3v) is 5.76. The Balaban J connectivity index is 1.58. The predicted molar refractivity (Wildman–Crippen MR) is 118 cm³/mol. The van der Waals surface area contributed by atoms with Gasteiger partial charge in [-0.1, -0.05) is 6.07 Å². The number of carbonyl (C=O) groups excluding carboxylic acids is 1. The molecule has 1 fully saturated rings. The molecule has 1 aliphatic rings. The summed E-state index contributed by atoms with van der Waals surface area (Å²) in [4.78, 5) is 21.2. The fourth-order valence-electron chi connectivity index (χ4n) is 4.16. The molecule has 30 heavy (non-hydrogen) atoms. The summed E-state index contributed by atoms with van der Waals surface area (Å²) in [6.45, 7) is 7.46. The molecule has 0 aliphatic carbocycles. The van der Waals surface area contributed by atoms with Gasteiger partial charge in [-0.15, -0.1) is 0 Å². The van der Waals surface area contributed by atoms with Gasteiger partial charge in [-0.25, -0.2) is 0 Å². The highest BCUT2D eigenvalue weighted by Gasteiger charge is 2.27. The molecule has 0 spiro atoms. The smallest absolute Gasteiger partial charge is 0.144 e. The molecule has 0 N–H and O–H groups in total. The van der Waals surface area contributed by atoms with Crippen molar-refractivity contribution in [1.82, 2.24) is 19.7 Å². The van der Waals surface area contributed by atoms with E-state index in [0.29, 0.717) is 0 Å². The Kier molecular flexibility index (Phi) is 5.99. The molecule has 1 saturated heterocycles. The minimum atomic E-state index is -0.322. The lowest BCUT2D eigenvalue weighted by Gasteiger charge is -2.27. The average molecular weight is 408 g/mol. The topological polar surface area (TPSA) is 63.5 Å². The SMILES string of the molecule is COc1ccc2cccnc2c1N1CCCN(C(C=O)c2ccn(C(C)C)n2)CC1. The van der Waals surface area contributed by atoms with Gasteiger partial charge in [0.2, 0.25) is 0 Å². The molecule has 7 heteroatoms. The van der Waals surface area contributed by atoms with E-state index in [2.05, 4.69) is 39.8 Å². The fraction of sp³-hybridized carbons (Fsp3) is 0.435. The quantitative estimate of drug-likeness (QED) is 0.583. The Hall–Kier alpha value is -2.93. The van der Waals surface area contributed by atoms with Gasteiger partial charge < -0.3 is 14.4 Å². The molecule has 4 rings (SSSR count). The van der Waals surface area contributed by atoms with Crippen molar-refractivity contribution in [3.05, 3.63) is 48.4 Å². The lowest BCUT2D eigenvalue weighted by Crippen LogP contribution is -2.34. The maximum absolute atomic E-state index is 12.0. The predicted octanol–water partition coefficient (Wildman–Crippen LogP) is 3.47. The van der Waals surface area contributed by atoms with Gasteiger partial charge in [0.1, 0.15) is 23.8 Å². The summed E-state index contributed by atoms with van der Waals surface area (Å²) >= 11 is 0. The number of methoxy groups -OCH3 is 1. The first-order valence-corrected chi connectivity index (χ1v) is 10.5. The van der Waals surface area contributed by atoms with Crippen LogP contribution < -0.4 is 9.64 Å². The number of pyridine rings is 1. The molecule has 1 aromatic carbocycles. The highest BCUT2D eigenvalue weighted by Crippen LogP contribution is 2.36. The number of benzene rings is 1. The van der Waals surface area contributed by atoms with Gasteiger partial charge in [-0.2, -0.15) is 5.10 Å². The number of aromatic nitrogens is 3. The van der Waals surface area contributed by atoms with Gasteiger partial charge in [0.15, 0.2) is 0 Å². The van der Waals surface area contributed by atoms with Gasteiger partial charge in [0, 0.05) is 50.0 Å². The van der Waals surface area contributed by atoms with Crippen LogP contribution in [0.5, 0.6) is 5.75 Å². The van der Waals surface area contributed by atoms with Gasteiger partial charge in [0.05, 0.1) is 18.3 Å². The normalized spacial score (nSPS) is 16.6. The molecule has 1 unspecified atom stereocenters. The fourth-order valence-corrected chi connectivity index (χ4v) is 4.16. The number of fused-ring (bicyclic) bond motifs is 1. The van der Waals surface area contributed by atoms with Crippen molar-refractivity contribution in [3.8, 4) is 5.75 Å². The Labute approximate surface area is 177 Å². The highest BCUT2D eigenvalue weighted by atomic mass is 16.5. The minimum Gasteiger partial charge on any atom is -0.494 e. The summed E-state index contributed by atoms with van der Waals surface area (Å²) in [6.07, 6.45) is 5.74. The average Bonchev–Trinajstić information content (AvgIpc) is 3.13. The van der Waals surface area contributed by atoms with Crippen molar-refractivity contribution in [2.45, 2.75) is 32.4 Å². The van der Waals surface area contributed by atoms with Crippen molar-refractivity contribution in [1.29, 1.82) is 0 Å². The summed E-state index contributed by atoms with van der Waals surface area (Å²) in [5, 5.41) is 5.73. The molecule has 0 radical (unpaired) electrons. The molecule has 2 aromatic heterocycles. The molecular weight excluding hydrogens is 378 g/mol. The van der Waals surface area contributed by atoms with E-state index in [0.717, 1.165) is 66.9 Å². The van der Waals surface area contributed by atoms with E-state index >= 15 is 0 Å². The Morgan fingerprint density at radius 3 is 2.70 bits per heavy atom. The van der Waals surface area contributed by atoms with Crippen molar-refractivity contribution in [2.75, 3.05) is 38.2 Å². The number of hydrogen-bond acceptors (Lipinski definition) is 6. The van der Waals surface area contributed by atoms with Crippen LogP contribution in [-0.4, -0.2) is 59.2 Å².